The zero-order valence-electron chi connectivity index (χ0n) is 8.43. The van der Waals surface area contributed by atoms with Gasteiger partial charge in [0.15, 0.2) is 0 Å². The molecular weight excluding hydrogens is 148 g/mol. The zero-order valence-corrected chi connectivity index (χ0v) is 8.43. The van der Waals surface area contributed by atoms with E-state index in [1.807, 2.05) is 0 Å². The van der Waals surface area contributed by atoms with Gasteiger partial charge in [-0.15, -0.1) is 0 Å². The van der Waals surface area contributed by atoms with Gasteiger partial charge >= 0.3 is 0 Å². The van der Waals surface area contributed by atoms with Crippen molar-refractivity contribution in [2.45, 2.75) is 46.1 Å². The van der Waals surface area contributed by atoms with Gasteiger partial charge in [-0.3, -0.25) is 0 Å². The van der Waals surface area contributed by atoms with Crippen molar-refractivity contribution in [2.75, 3.05) is 6.54 Å². The van der Waals surface area contributed by atoms with Crippen LogP contribution in [0, 0.1) is 17.2 Å². The predicted molar refractivity (Wildman–Crippen MR) is 51.8 cm³/mol. The van der Waals surface area contributed by atoms with Gasteiger partial charge in [0.25, 0.3) is 0 Å². The van der Waals surface area contributed by atoms with E-state index in [9.17, 15) is 0 Å². The summed E-state index contributed by atoms with van der Waals surface area (Å²) >= 11 is 0. The Kier molecular flexibility index (Phi) is 6.79. The highest BCUT2D eigenvalue weighted by atomic mass is 14.9. The van der Waals surface area contributed by atoms with Crippen LogP contribution in [-0.4, -0.2) is 12.6 Å². The molecular formula is C10H20N2. The van der Waals surface area contributed by atoms with Gasteiger partial charge in [-0.25, -0.2) is 0 Å². The second-order valence-electron chi connectivity index (χ2n) is 3.60. The first-order chi connectivity index (χ1) is 5.70. The van der Waals surface area contributed by atoms with Crippen LogP contribution >= 0.6 is 0 Å². The molecule has 0 aliphatic rings. The first-order valence-electron chi connectivity index (χ1n) is 4.81. The van der Waals surface area contributed by atoms with Crippen molar-refractivity contribution in [1.29, 1.82) is 5.26 Å². The van der Waals surface area contributed by atoms with Crippen LogP contribution < -0.4 is 5.32 Å². The lowest BCUT2D eigenvalue weighted by Gasteiger charge is -2.14. The van der Waals surface area contributed by atoms with E-state index in [2.05, 4.69) is 32.2 Å². The van der Waals surface area contributed by atoms with Crippen molar-refractivity contribution in [3.8, 4) is 6.07 Å². The molecule has 0 aliphatic carbocycles. The molecule has 2 nitrogen and oxygen atoms in total. The topological polar surface area (TPSA) is 35.8 Å². The largest absolute Gasteiger partial charge is 0.313 e. The minimum atomic E-state index is 0.397. The van der Waals surface area contributed by atoms with Gasteiger partial charge in [-0.05, 0) is 25.3 Å². The third kappa shape index (κ3) is 6.18. The molecule has 1 atom stereocenters. The third-order valence-electron chi connectivity index (χ3n) is 1.99. The summed E-state index contributed by atoms with van der Waals surface area (Å²) in [5, 5.41) is 11.9. The van der Waals surface area contributed by atoms with Gasteiger partial charge < -0.3 is 5.32 Å². The first-order valence-corrected chi connectivity index (χ1v) is 4.81. The lowest BCUT2D eigenvalue weighted by Crippen LogP contribution is -2.29. The molecule has 0 aliphatic heterocycles. The zero-order chi connectivity index (χ0) is 9.40. The predicted octanol–water partition coefficient (Wildman–Crippen LogP) is 2.31. The summed E-state index contributed by atoms with van der Waals surface area (Å²) in [5.41, 5.74) is 0. The molecule has 0 fully saturated rings. The SMILES string of the molecule is CCC(CC#N)NCCC(C)C. The second-order valence-corrected chi connectivity index (χ2v) is 3.60. The van der Waals surface area contributed by atoms with E-state index in [1.54, 1.807) is 0 Å². The fraction of sp³-hybridized carbons (Fsp3) is 0.900. The molecule has 1 unspecified atom stereocenters. The maximum Gasteiger partial charge on any atom is 0.0638 e. The molecule has 0 spiro atoms. The molecule has 0 aromatic carbocycles. The second kappa shape index (κ2) is 7.12. The van der Waals surface area contributed by atoms with Crippen LogP contribution in [0.25, 0.3) is 0 Å². The number of nitriles is 1. The van der Waals surface area contributed by atoms with Gasteiger partial charge in [0.2, 0.25) is 0 Å². The summed E-state index contributed by atoms with van der Waals surface area (Å²) in [6.07, 6.45) is 2.88. The molecule has 70 valence electrons. The van der Waals surface area contributed by atoms with E-state index in [4.69, 9.17) is 5.26 Å². The van der Waals surface area contributed by atoms with Gasteiger partial charge in [0, 0.05) is 6.04 Å². The molecule has 0 amide bonds. The highest BCUT2D eigenvalue weighted by molar-refractivity contribution is 4.79. The molecule has 0 rings (SSSR count). The molecule has 0 aromatic rings. The van der Waals surface area contributed by atoms with E-state index in [0.29, 0.717) is 12.5 Å². The monoisotopic (exact) mass is 168 g/mol. The van der Waals surface area contributed by atoms with Gasteiger partial charge in [0.05, 0.1) is 12.5 Å². The van der Waals surface area contributed by atoms with Crippen molar-refractivity contribution in [3.63, 3.8) is 0 Å². The lowest BCUT2D eigenvalue weighted by atomic mass is 10.1. The van der Waals surface area contributed by atoms with Crippen LogP contribution in [-0.2, 0) is 0 Å². The molecule has 12 heavy (non-hydrogen) atoms. The smallest absolute Gasteiger partial charge is 0.0638 e. The van der Waals surface area contributed by atoms with E-state index in [0.717, 1.165) is 18.9 Å². The Bertz CT molecular complexity index is 135. The molecule has 2 heteroatoms. The first kappa shape index (κ1) is 11.4. The lowest BCUT2D eigenvalue weighted by molar-refractivity contribution is 0.463. The molecule has 0 saturated heterocycles. The Balaban J connectivity index is 3.39. The van der Waals surface area contributed by atoms with Crippen molar-refractivity contribution in [3.05, 3.63) is 0 Å². The number of nitrogens with one attached hydrogen (secondary N) is 1. The van der Waals surface area contributed by atoms with E-state index < -0.39 is 0 Å². The van der Waals surface area contributed by atoms with Crippen LogP contribution in [0.15, 0.2) is 0 Å². The van der Waals surface area contributed by atoms with Crippen LogP contribution in [0.1, 0.15) is 40.0 Å². The van der Waals surface area contributed by atoms with Crippen molar-refractivity contribution in [2.24, 2.45) is 5.92 Å². The highest BCUT2D eigenvalue weighted by Crippen LogP contribution is 2.00. The quantitative estimate of drug-likeness (QED) is 0.660. The molecule has 0 saturated carbocycles. The number of nitrogens with zero attached hydrogens (tertiary/aromatic N) is 1. The fourth-order valence-electron chi connectivity index (χ4n) is 1.05. The molecule has 0 heterocycles. The Morgan fingerprint density at radius 1 is 1.42 bits per heavy atom. The summed E-state index contributed by atoms with van der Waals surface area (Å²) in [6, 6.07) is 2.59. The molecule has 1 N–H and O–H groups in total. The average Bonchev–Trinajstić information content (AvgIpc) is 2.02. The van der Waals surface area contributed by atoms with Gasteiger partial charge in [-0.2, -0.15) is 5.26 Å². The standard InChI is InChI=1S/C10H20N2/c1-4-10(5-7-11)12-8-6-9(2)3/h9-10,12H,4-6,8H2,1-3H3. The van der Waals surface area contributed by atoms with Crippen LogP contribution in [0.4, 0.5) is 0 Å². The minimum absolute atomic E-state index is 0.397. The van der Waals surface area contributed by atoms with Crippen LogP contribution in [0.5, 0.6) is 0 Å². The average molecular weight is 168 g/mol. The van der Waals surface area contributed by atoms with E-state index in [-0.39, 0.29) is 0 Å². The van der Waals surface area contributed by atoms with Crippen LogP contribution in [0.2, 0.25) is 0 Å². The fourth-order valence-corrected chi connectivity index (χ4v) is 1.05. The molecule has 0 aromatic heterocycles. The normalized spacial score (nSPS) is 12.9. The van der Waals surface area contributed by atoms with E-state index in [1.165, 1.54) is 6.42 Å². The minimum Gasteiger partial charge on any atom is -0.313 e. The number of hydrogen-bond acceptors (Lipinski definition) is 2. The Labute approximate surface area is 76.0 Å². The Hall–Kier alpha value is -0.550. The Morgan fingerprint density at radius 3 is 2.50 bits per heavy atom. The molecule has 0 radical (unpaired) electrons. The van der Waals surface area contributed by atoms with Gasteiger partial charge in [-0.1, -0.05) is 20.8 Å². The number of hydrogen-bond donors (Lipinski definition) is 1. The summed E-state index contributed by atoms with van der Waals surface area (Å²) in [5.74, 6) is 0.747. The number of rotatable bonds is 6. The van der Waals surface area contributed by atoms with Crippen molar-refractivity contribution >= 4 is 0 Å². The molecule has 0 bridgehead atoms. The van der Waals surface area contributed by atoms with Crippen molar-refractivity contribution in [1.82, 2.24) is 5.32 Å². The maximum atomic E-state index is 8.49. The van der Waals surface area contributed by atoms with Crippen LogP contribution in [0.3, 0.4) is 0 Å². The Morgan fingerprint density at radius 2 is 2.08 bits per heavy atom. The summed E-state index contributed by atoms with van der Waals surface area (Å²) in [6.45, 7) is 7.59. The van der Waals surface area contributed by atoms with E-state index >= 15 is 0 Å². The summed E-state index contributed by atoms with van der Waals surface area (Å²) in [4.78, 5) is 0. The summed E-state index contributed by atoms with van der Waals surface area (Å²) in [7, 11) is 0. The van der Waals surface area contributed by atoms with Crippen molar-refractivity contribution < 1.29 is 0 Å². The maximum absolute atomic E-state index is 8.49. The van der Waals surface area contributed by atoms with Gasteiger partial charge in [0.1, 0.15) is 0 Å². The summed E-state index contributed by atoms with van der Waals surface area (Å²) < 4.78 is 0. The third-order valence-corrected chi connectivity index (χ3v) is 1.99. The highest BCUT2D eigenvalue weighted by Gasteiger charge is 2.03.